The van der Waals surface area contributed by atoms with E-state index < -0.39 is 12.0 Å². The highest BCUT2D eigenvalue weighted by Gasteiger charge is 2.34. The fourth-order valence-corrected chi connectivity index (χ4v) is 4.84. The average molecular weight is 499 g/mol. The summed E-state index contributed by atoms with van der Waals surface area (Å²) >= 11 is 0. The van der Waals surface area contributed by atoms with Crippen LogP contribution in [0.2, 0.25) is 0 Å². The molecule has 8 heteroatoms. The van der Waals surface area contributed by atoms with Gasteiger partial charge in [-0.05, 0) is 53.3 Å². The first kappa shape index (κ1) is 23.0. The van der Waals surface area contributed by atoms with E-state index in [0.717, 1.165) is 34.4 Å². The third-order valence-electron chi connectivity index (χ3n) is 6.74. The molecule has 0 aliphatic carbocycles. The van der Waals surface area contributed by atoms with Crippen LogP contribution in [0, 0.1) is 0 Å². The topological polar surface area (TPSA) is 95.1 Å². The van der Waals surface area contributed by atoms with Crippen LogP contribution in [0.3, 0.4) is 0 Å². The summed E-state index contributed by atoms with van der Waals surface area (Å²) in [6.07, 6.45) is 1.86. The van der Waals surface area contributed by atoms with Gasteiger partial charge in [0.25, 0.3) is 0 Å². The minimum Gasteiger partial charge on any atom is -0.493 e. The Morgan fingerprint density at radius 1 is 0.892 bits per heavy atom. The Bertz CT molecular complexity index is 1380. The zero-order chi connectivity index (χ0) is 25.2. The van der Waals surface area contributed by atoms with E-state index >= 15 is 0 Å². The summed E-state index contributed by atoms with van der Waals surface area (Å²) in [5.74, 6) is 1.70. The van der Waals surface area contributed by atoms with Crippen LogP contribution in [0.4, 0.5) is 4.79 Å². The number of esters is 1. The van der Waals surface area contributed by atoms with Crippen LogP contribution in [0.1, 0.15) is 34.7 Å². The van der Waals surface area contributed by atoms with Gasteiger partial charge in [0.2, 0.25) is 6.79 Å². The smallest absolute Gasteiger partial charge is 0.338 e. The van der Waals surface area contributed by atoms with Gasteiger partial charge in [0, 0.05) is 12.1 Å². The second-order valence-corrected chi connectivity index (χ2v) is 9.14. The van der Waals surface area contributed by atoms with Crippen molar-refractivity contribution in [3.8, 4) is 17.2 Å². The van der Waals surface area contributed by atoms with Crippen molar-refractivity contribution in [3.05, 3.63) is 100 Å². The van der Waals surface area contributed by atoms with Crippen molar-refractivity contribution in [1.82, 2.24) is 10.6 Å². The van der Waals surface area contributed by atoms with E-state index in [-0.39, 0.29) is 19.4 Å². The number of amides is 2. The van der Waals surface area contributed by atoms with Crippen molar-refractivity contribution in [2.45, 2.75) is 31.9 Å². The molecule has 2 N–H and O–H groups in total. The van der Waals surface area contributed by atoms with Gasteiger partial charge in [-0.1, -0.05) is 48.5 Å². The fraction of sp³-hybridized carbons (Fsp3) is 0.241. The van der Waals surface area contributed by atoms with Crippen LogP contribution in [0.15, 0.2) is 78.0 Å². The highest BCUT2D eigenvalue weighted by molar-refractivity contribution is 5.95. The van der Waals surface area contributed by atoms with Crippen LogP contribution >= 0.6 is 0 Å². The van der Waals surface area contributed by atoms with E-state index in [2.05, 4.69) is 10.6 Å². The average Bonchev–Trinajstić information content (AvgIpc) is 3.59. The normalized spacial score (nSPS) is 17.5. The highest BCUT2D eigenvalue weighted by atomic mass is 16.7. The number of carbonyl (C=O) groups is 2. The summed E-state index contributed by atoms with van der Waals surface area (Å²) in [4.78, 5) is 26.3. The molecule has 3 aliphatic heterocycles. The molecule has 8 nitrogen and oxygen atoms in total. The molecule has 37 heavy (non-hydrogen) atoms. The number of ether oxygens (including phenoxy) is 4. The monoisotopic (exact) mass is 498 g/mol. The molecule has 1 unspecified atom stereocenters. The zero-order valence-corrected chi connectivity index (χ0v) is 20.1. The first-order valence-corrected chi connectivity index (χ1v) is 12.3. The third kappa shape index (κ3) is 4.82. The molecule has 3 heterocycles. The number of rotatable bonds is 7. The van der Waals surface area contributed by atoms with Crippen LogP contribution < -0.4 is 24.8 Å². The molecule has 3 aliphatic rings. The second kappa shape index (κ2) is 9.89. The van der Waals surface area contributed by atoms with Crippen LogP contribution in [0.25, 0.3) is 0 Å². The van der Waals surface area contributed by atoms with E-state index in [1.54, 1.807) is 0 Å². The lowest BCUT2D eigenvalue weighted by Gasteiger charge is -2.30. The number of carbonyl (C=O) groups excluding carboxylic acids is 2. The minimum atomic E-state index is -0.668. The molecule has 0 bridgehead atoms. The van der Waals surface area contributed by atoms with E-state index in [0.29, 0.717) is 42.2 Å². The van der Waals surface area contributed by atoms with Crippen molar-refractivity contribution in [2.75, 3.05) is 13.4 Å². The van der Waals surface area contributed by atoms with E-state index in [4.69, 9.17) is 18.9 Å². The van der Waals surface area contributed by atoms with Crippen molar-refractivity contribution >= 4 is 12.0 Å². The maximum absolute atomic E-state index is 13.5. The molecule has 0 radical (unpaired) electrons. The van der Waals surface area contributed by atoms with Crippen molar-refractivity contribution in [3.63, 3.8) is 0 Å². The summed E-state index contributed by atoms with van der Waals surface area (Å²) in [5.41, 5.74) is 4.68. The lowest BCUT2D eigenvalue weighted by molar-refractivity contribution is -0.140. The van der Waals surface area contributed by atoms with E-state index in [1.807, 2.05) is 66.7 Å². The van der Waals surface area contributed by atoms with Gasteiger partial charge in [0.05, 0.1) is 18.2 Å². The molecular weight excluding hydrogens is 472 g/mol. The number of aryl methyl sites for hydroxylation is 1. The summed E-state index contributed by atoms with van der Waals surface area (Å²) < 4.78 is 22.4. The van der Waals surface area contributed by atoms with E-state index in [1.165, 1.54) is 0 Å². The lowest BCUT2D eigenvalue weighted by atomic mass is 9.92. The number of urea groups is 1. The molecule has 3 aromatic rings. The van der Waals surface area contributed by atoms with Gasteiger partial charge in [-0.3, -0.25) is 0 Å². The molecule has 0 spiro atoms. The Morgan fingerprint density at radius 3 is 2.65 bits per heavy atom. The molecule has 0 aromatic heterocycles. The molecule has 6 rings (SSSR count). The van der Waals surface area contributed by atoms with Crippen LogP contribution in [0.5, 0.6) is 17.2 Å². The molecule has 188 valence electrons. The maximum Gasteiger partial charge on any atom is 0.338 e. The Kier molecular flexibility index (Phi) is 6.14. The lowest BCUT2D eigenvalue weighted by Crippen LogP contribution is -2.46. The third-order valence-corrected chi connectivity index (χ3v) is 6.74. The van der Waals surface area contributed by atoms with Gasteiger partial charge < -0.3 is 29.6 Å². The molecule has 3 aromatic carbocycles. The molecule has 0 fully saturated rings. The van der Waals surface area contributed by atoms with Crippen molar-refractivity contribution < 1.29 is 28.5 Å². The summed E-state index contributed by atoms with van der Waals surface area (Å²) in [7, 11) is 0. The Morgan fingerprint density at radius 2 is 1.76 bits per heavy atom. The van der Waals surface area contributed by atoms with Gasteiger partial charge in [0.15, 0.2) is 11.5 Å². The molecule has 0 saturated carbocycles. The molecule has 1 atom stereocenters. The minimum absolute atomic E-state index is 0.132. The van der Waals surface area contributed by atoms with E-state index in [9.17, 15) is 9.59 Å². The largest absolute Gasteiger partial charge is 0.493 e. The summed E-state index contributed by atoms with van der Waals surface area (Å²) in [6, 6.07) is 20.1. The number of fused-ring (bicyclic) bond motifs is 2. The predicted molar refractivity (Wildman–Crippen MR) is 134 cm³/mol. The first-order chi connectivity index (χ1) is 18.1. The fourth-order valence-electron chi connectivity index (χ4n) is 4.84. The predicted octanol–water partition coefficient (Wildman–Crippen LogP) is 4.33. The Balaban J connectivity index is 1.31. The van der Waals surface area contributed by atoms with Crippen LogP contribution in [-0.2, 0) is 29.0 Å². The SMILES string of the molecule is O=C1NC(CCc2ccc3c(c2)OCO3)=C(C(=O)OCc2ccccc2)C(c2ccc3c(c2)OCC3)N1. The quantitative estimate of drug-likeness (QED) is 0.471. The maximum atomic E-state index is 13.5. The van der Waals surface area contributed by atoms with Gasteiger partial charge in [0.1, 0.15) is 12.4 Å². The van der Waals surface area contributed by atoms with Gasteiger partial charge in [-0.15, -0.1) is 0 Å². The zero-order valence-electron chi connectivity index (χ0n) is 20.1. The van der Waals surface area contributed by atoms with Crippen LogP contribution in [-0.4, -0.2) is 25.4 Å². The standard InChI is InChI=1S/C29H26N2O6/c32-28(35-16-19-4-2-1-3-5-19)26-22(10-6-18-7-11-23-25(14-18)37-17-36-23)30-29(33)31-27(26)21-9-8-20-12-13-34-24(20)15-21/h1-5,7-9,11,14-15,27H,6,10,12-13,16-17H2,(H2,30,31,33). The number of allylic oxidation sites excluding steroid dienone is 1. The van der Waals surface area contributed by atoms with Gasteiger partial charge >= 0.3 is 12.0 Å². The van der Waals surface area contributed by atoms with Gasteiger partial charge in [-0.2, -0.15) is 0 Å². The van der Waals surface area contributed by atoms with Crippen molar-refractivity contribution in [1.29, 1.82) is 0 Å². The first-order valence-electron chi connectivity index (χ1n) is 12.3. The summed E-state index contributed by atoms with van der Waals surface area (Å²) in [5, 5.41) is 5.78. The Hall–Kier alpha value is -4.46. The van der Waals surface area contributed by atoms with Gasteiger partial charge in [-0.25, -0.2) is 9.59 Å². The molecular formula is C29H26N2O6. The molecule has 0 saturated heterocycles. The number of nitrogens with one attached hydrogen (secondary N) is 2. The molecule has 2 amide bonds. The summed E-state index contributed by atoms with van der Waals surface area (Å²) in [6.45, 7) is 0.960. The van der Waals surface area contributed by atoms with Crippen molar-refractivity contribution in [2.24, 2.45) is 0 Å². The number of benzene rings is 3. The number of hydrogen-bond donors (Lipinski definition) is 2. The number of hydrogen-bond acceptors (Lipinski definition) is 6. The Labute approximate surface area is 214 Å². The second-order valence-electron chi connectivity index (χ2n) is 9.14. The highest BCUT2D eigenvalue weighted by Crippen LogP contribution is 2.36.